The largest absolute Gasteiger partial charge is 0.481 e. The Kier molecular flexibility index (Phi) is 4.40. The molecule has 5 heteroatoms. The van der Waals surface area contributed by atoms with E-state index in [1.165, 1.54) is 0 Å². The lowest BCUT2D eigenvalue weighted by atomic mass is 10.2. The van der Waals surface area contributed by atoms with Gasteiger partial charge < -0.3 is 15.0 Å². The van der Waals surface area contributed by atoms with Crippen molar-refractivity contribution in [2.45, 2.75) is 32.4 Å². The number of para-hydroxylation sites is 1. The molecule has 0 aliphatic carbocycles. The lowest BCUT2D eigenvalue weighted by molar-refractivity contribution is -0.137. The third-order valence-corrected chi connectivity index (χ3v) is 3.15. The van der Waals surface area contributed by atoms with Gasteiger partial charge in [0.05, 0.1) is 6.42 Å². The van der Waals surface area contributed by atoms with Gasteiger partial charge in [-0.15, -0.1) is 0 Å². The summed E-state index contributed by atoms with van der Waals surface area (Å²) in [6, 6.07) is 9.66. The fraction of sp³-hybridized carbons (Fsp3) is 0.333. The van der Waals surface area contributed by atoms with Crippen LogP contribution in [0.4, 0.5) is 0 Å². The summed E-state index contributed by atoms with van der Waals surface area (Å²) in [6.07, 6.45) is 2.24. The van der Waals surface area contributed by atoms with E-state index in [4.69, 9.17) is 5.11 Å². The highest BCUT2D eigenvalue weighted by Crippen LogP contribution is 2.15. The van der Waals surface area contributed by atoms with Gasteiger partial charge in [0.15, 0.2) is 0 Å². The molecule has 1 heterocycles. The van der Waals surface area contributed by atoms with Crippen LogP contribution in [0.1, 0.15) is 19.8 Å². The number of amides is 1. The van der Waals surface area contributed by atoms with Gasteiger partial charge in [-0.05, 0) is 24.4 Å². The molecule has 0 saturated carbocycles. The van der Waals surface area contributed by atoms with Crippen LogP contribution in [0.2, 0.25) is 0 Å². The van der Waals surface area contributed by atoms with Gasteiger partial charge in [-0.3, -0.25) is 9.59 Å². The SMILES string of the molecule is CC(CC(=O)O)NC(=O)CCn1ccc2ccccc21. The summed E-state index contributed by atoms with van der Waals surface area (Å²) < 4.78 is 2.02. The van der Waals surface area contributed by atoms with E-state index in [-0.39, 0.29) is 18.4 Å². The highest BCUT2D eigenvalue weighted by atomic mass is 16.4. The first kappa shape index (κ1) is 14.1. The predicted molar refractivity (Wildman–Crippen MR) is 76.4 cm³/mol. The topological polar surface area (TPSA) is 71.3 Å². The minimum atomic E-state index is -0.908. The molecule has 1 aromatic carbocycles. The Morgan fingerprint density at radius 2 is 2.05 bits per heavy atom. The summed E-state index contributed by atoms with van der Waals surface area (Å²) in [6.45, 7) is 2.27. The molecule has 1 aromatic heterocycles. The predicted octanol–water partition coefficient (Wildman–Crippen LogP) is 2.01. The minimum Gasteiger partial charge on any atom is -0.481 e. The van der Waals surface area contributed by atoms with E-state index < -0.39 is 5.97 Å². The van der Waals surface area contributed by atoms with Crippen molar-refractivity contribution in [2.75, 3.05) is 0 Å². The highest BCUT2D eigenvalue weighted by Gasteiger charge is 2.11. The van der Waals surface area contributed by atoms with Crippen molar-refractivity contribution in [3.8, 4) is 0 Å². The molecule has 0 bridgehead atoms. The summed E-state index contributed by atoms with van der Waals surface area (Å²) in [7, 11) is 0. The number of nitrogens with one attached hydrogen (secondary N) is 1. The van der Waals surface area contributed by atoms with Gasteiger partial charge in [0.1, 0.15) is 0 Å². The second-order valence-electron chi connectivity index (χ2n) is 4.88. The summed E-state index contributed by atoms with van der Waals surface area (Å²) in [4.78, 5) is 22.3. The van der Waals surface area contributed by atoms with Crippen LogP contribution < -0.4 is 5.32 Å². The summed E-state index contributed by atoms with van der Waals surface area (Å²) in [5.41, 5.74) is 1.10. The van der Waals surface area contributed by atoms with Crippen molar-refractivity contribution in [1.29, 1.82) is 0 Å². The molecule has 5 nitrogen and oxygen atoms in total. The molecule has 0 saturated heterocycles. The number of nitrogens with zero attached hydrogens (tertiary/aromatic N) is 1. The van der Waals surface area contributed by atoms with E-state index in [9.17, 15) is 9.59 Å². The number of carboxylic acids is 1. The van der Waals surface area contributed by atoms with Crippen molar-refractivity contribution in [3.63, 3.8) is 0 Å². The number of carbonyl (C=O) groups is 2. The number of hydrogen-bond donors (Lipinski definition) is 2. The lowest BCUT2D eigenvalue weighted by Crippen LogP contribution is -2.34. The van der Waals surface area contributed by atoms with Crippen molar-refractivity contribution in [2.24, 2.45) is 0 Å². The number of aromatic nitrogens is 1. The number of aliphatic carboxylic acids is 1. The first-order chi connectivity index (χ1) is 9.56. The van der Waals surface area contributed by atoms with E-state index in [0.717, 1.165) is 10.9 Å². The van der Waals surface area contributed by atoms with Crippen LogP contribution in [0.3, 0.4) is 0 Å². The number of carbonyl (C=O) groups excluding carboxylic acids is 1. The van der Waals surface area contributed by atoms with Crippen molar-refractivity contribution < 1.29 is 14.7 Å². The fourth-order valence-corrected chi connectivity index (χ4v) is 2.22. The number of aryl methyl sites for hydroxylation is 1. The molecule has 2 rings (SSSR count). The average Bonchev–Trinajstić information content (AvgIpc) is 2.78. The molecule has 2 N–H and O–H groups in total. The Bertz CT molecular complexity index is 618. The third kappa shape index (κ3) is 3.60. The van der Waals surface area contributed by atoms with E-state index >= 15 is 0 Å². The maximum atomic E-state index is 11.7. The zero-order valence-electron chi connectivity index (χ0n) is 11.4. The average molecular weight is 274 g/mol. The maximum Gasteiger partial charge on any atom is 0.305 e. The second-order valence-corrected chi connectivity index (χ2v) is 4.88. The molecule has 0 spiro atoms. The Morgan fingerprint density at radius 1 is 1.30 bits per heavy atom. The van der Waals surface area contributed by atoms with Gasteiger partial charge in [-0.2, -0.15) is 0 Å². The molecule has 0 radical (unpaired) electrons. The van der Waals surface area contributed by atoms with E-state index in [0.29, 0.717) is 13.0 Å². The normalized spacial score (nSPS) is 12.2. The lowest BCUT2D eigenvalue weighted by Gasteiger charge is -2.12. The summed E-state index contributed by atoms with van der Waals surface area (Å²) in [5, 5.41) is 12.5. The zero-order valence-corrected chi connectivity index (χ0v) is 11.4. The second kappa shape index (κ2) is 6.23. The van der Waals surface area contributed by atoms with E-state index in [1.54, 1.807) is 6.92 Å². The molecule has 106 valence electrons. The van der Waals surface area contributed by atoms with Gasteiger partial charge in [0, 0.05) is 30.7 Å². The quantitative estimate of drug-likeness (QED) is 0.846. The van der Waals surface area contributed by atoms with Gasteiger partial charge in [0.25, 0.3) is 0 Å². The summed E-state index contributed by atoms with van der Waals surface area (Å²) in [5.74, 6) is -1.04. The van der Waals surface area contributed by atoms with Crippen LogP contribution in [0, 0.1) is 0 Å². The third-order valence-electron chi connectivity index (χ3n) is 3.15. The van der Waals surface area contributed by atoms with Gasteiger partial charge >= 0.3 is 5.97 Å². The molecule has 1 atom stereocenters. The Balaban J connectivity index is 1.89. The van der Waals surface area contributed by atoms with Crippen LogP contribution >= 0.6 is 0 Å². The molecule has 0 aliphatic heterocycles. The van der Waals surface area contributed by atoms with Crippen LogP contribution in [0.15, 0.2) is 36.5 Å². The zero-order chi connectivity index (χ0) is 14.5. The maximum absolute atomic E-state index is 11.7. The molecular formula is C15H18N2O3. The smallest absolute Gasteiger partial charge is 0.305 e. The van der Waals surface area contributed by atoms with E-state index in [1.807, 2.05) is 41.1 Å². The van der Waals surface area contributed by atoms with Crippen molar-refractivity contribution in [1.82, 2.24) is 9.88 Å². The number of benzene rings is 1. The molecule has 0 aliphatic rings. The van der Waals surface area contributed by atoms with Crippen molar-refractivity contribution in [3.05, 3.63) is 36.5 Å². The van der Waals surface area contributed by atoms with Gasteiger partial charge in [-0.25, -0.2) is 0 Å². The number of rotatable bonds is 6. The fourth-order valence-electron chi connectivity index (χ4n) is 2.22. The van der Waals surface area contributed by atoms with Gasteiger partial charge in [0.2, 0.25) is 5.91 Å². The highest BCUT2D eigenvalue weighted by molar-refractivity contribution is 5.81. The molecule has 0 fully saturated rings. The Labute approximate surface area is 117 Å². The number of fused-ring (bicyclic) bond motifs is 1. The van der Waals surface area contributed by atoms with Gasteiger partial charge in [-0.1, -0.05) is 18.2 Å². The molecule has 20 heavy (non-hydrogen) atoms. The Morgan fingerprint density at radius 3 is 2.80 bits per heavy atom. The van der Waals surface area contributed by atoms with Crippen molar-refractivity contribution >= 4 is 22.8 Å². The summed E-state index contributed by atoms with van der Waals surface area (Å²) >= 11 is 0. The van der Waals surface area contributed by atoms with E-state index in [2.05, 4.69) is 5.32 Å². The number of carboxylic acid groups (broad SMARTS) is 1. The first-order valence-corrected chi connectivity index (χ1v) is 6.61. The molecule has 1 amide bonds. The van der Waals surface area contributed by atoms with Crippen LogP contribution in [0.5, 0.6) is 0 Å². The molecule has 1 unspecified atom stereocenters. The Hall–Kier alpha value is -2.30. The molecular weight excluding hydrogens is 256 g/mol. The first-order valence-electron chi connectivity index (χ1n) is 6.61. The number of hydrogen-bond acceptors (Lipinski definition) is 2. The standard InChI is InChI=1S/C15H18N2O3/c1-11(10-15(19)20)16-14(18)7-9-17-8-6-12-4-2-3-5-13(12)17/h2-6,8,11H,7,9-10H2,1H3,(H,16,18)(H,19,20). The monoisotopic (exact) mass is 274 g/mol. The van der Waals surface area contributed by atoms with Crippen LogP contribution in [-0.4, -0.2) is 27.6 Å². The molecule has 2 aromatic rings. The van der Waals surface area contributed by atoms with Crippen LogP contribution in [-0.2, 0) is 16.1 Å². The minimum absolute atomic E-state index is 0.0574. The van der Waals surface area contributed by atoms with Crippen LogP contribution in [0.25, 0.3) is 10.9 Å².